The number of aromatic nitrogens is 2. The van der Waals surface area contributed by atoms with Crippen LogP contribution in [0.2, 0.25) is 0 Å². The fourth-order valence-electron chi connectivity index (χ4n) is 4.37. The molecule has 1 fully saturated rings. The molecule has 2 aromatic carbocycles. The highest BCUT2D eigenvalue weighted by atomic mass is 32.2. The van der Waals surface area contributed by atoms with Crippen LogP contribution in [0.3, 0.4) is 0 Å². The van der Waals surface area contributed by atoms with Crippen molar-refractivity contribution in [3.05, 3.63) is 95.8 Å². The van der Waals surface area contributed by atoms with Gasteiger partial charge in [-0.2, -0.15) is 0 Å². The number of aliphatic hydroxyl groups excluding tert-OH is 1. The number of carboxylic acids is 1. The van der Waals surface area contributed by atoms with E-state index in [9.17, 15) is 23.5 Å². The molecule has 0 spiro atoms. The lowest BCUT2D eigenvalue weighted by Crippen LogP contribution is -2.38. The van der Waals surface area contributed by atoms with Crippen LogP contribution in [-0.2, 0) is 0 Å². The molecule has 3 N–H and O–H groups in total. The molecule has 4 aromatic rings. The van der Waals surface area contributed by atoms with E-state index in [2.05, 4.69) is 15.3 Å². The van der Waals surface area contributed by atoms with Crippen molar-refractivity contribution < 1.29 is 38.1 Å². The number of amides is 1. The molecule has 0 unspecified atom stereocenters. The summed E-state index contributed by atoms with van der Waals surface area (Å²) in [5.41, 5.74) is -0.250. The van der Waals surface area contributed by atoms with Crippen molar-refractivity contribution in [3.63, 3.8) is 0 Å². The first-order valence-corrected chi connectivity index (χ1v) is 16.3. The molecule has 2 aromatic heterocycles. The third-order valence-electron chi connectivity index (χ3n) is 6.65. The molecule has 236 valence electrons. The first-order chi connectivity index (χ1) is 21.6. The summed E-state index contributed by atoms with van der Waals surface area (Å²) in [6.45, 7) is 0. The number of pyridine rings is 2. The summed E-state index contributed by atoms with van der Waals surface area (Å²) in [4.78, 5) is 33.2. The summed E-state index contributed by atoms with van der Waals surface area (Å²) in [5, 5.41) is 21.4. The second kappa shape index (κ2) is 16.2. The molecule has 0 aliphatic heterocycles. The number of aliphatic hydroxyl groups is 1. The van der Waals surface area contributed by atoms with E-state index in [1.165, 1.54) is 11.8 Å². The topological polar surface area (TPSA) is 131 Å². The standard InChI is InChI=1S/C19H21FN2O3S.C13H10FNO3S/c1-26-16-4-2-3-15(10-16)25-19-17(9-12(20)11-21-19)18(24)22-13-5-7-14(23)8-6-13;1-19-10-4-2-3-9(6-10)18-12-11(13(16)17)5-8(14)7-15-12/h2-4,9-11,13-14,23H,5-8H2,1H3,(H,22,24);2-7H,1H3,(H,16,17). The molecule has 1 amide bonds. The Bertz CT molecular complexity index is 1640. The van der Waals surface area contributed by atoms with E-state index in [1.54, 1.807) is 36.0 Å². The molecule has 2 heterocycles. The number of rotatable bonds is 9. The van der Waals surface area contributed by atoms with E-state index >= 15 is 0 Å². The average Bonchev–Trinajstić information content (AvgIpc) is 3.04. The highest BCUT2D eigenvalue weighted by Gasteiger charge is 2.24. The SMILES string of the molecule is CSc1cccc(Oc2ncc(F)cc2C(=O)NC2CCC(O)CC2)c1.CSc1cccc(Oc2ncc(F)cc2C(=O)O)c1. The lowest BCUT2D eigenvalue weighted by atomic mass is 9.93. The maximum atomic E-state index is 13.7. The van der Waals surface area contributed by atoms with E-state index in [-0.39, 0.29) is 35.0 Å². The van der Waals surface area contributed by atoms with E-state index in [4.69, 9.17) is 14.6 Å². The number of carbonyl (C=O) groups is 2. The van der Waals surface area contributed by atoms with Gasteiger partial charge in [0.05, 0.1) is 18.5 Å². The van der Waals surface area contributed by atoms with Crippen LogP contribution in [-0.4, -0.2) is 56.7 Å². The molecule has 5 rings (SSSR count). The number of ether oxygens (including phenoxy) is 2. The number of hydrogen-bond donors (Lipinski definition) is 3. The van der Waals surface area contributed by atoms with Gasteiger partial charge in [-0.1, -0.05) is 12.1 Å². The first-order valence-electron chi connectivity index (χ1n) is 13.8. The van der Waals surface area contributed by atoms with Crippen molar-refractivity contribution in [1.29, 1.82) is 0 Å². The molecule has 9 nitrogen and oxygen atoms in total. The normalized spacial score (nSPS) is 15.8. The van der Waals surface area contributed by atoms with Gasteiger partial charge in [0.1, 0.15) is 34.3 Å². The minimum atomic E-state index is -1.29. The van der Waals surface area contributed by atoms with Gasteiger partial charge in [0.2, 0.25) is 11.8 Å². The number of carbonyl (C=O) groups excluding carboxylic acids is 1. The van der Waals surface area contributed by atoms with Crippen LogP contribution in [0.1, 0.15) is 46.4 Å². The summed E-state index contributed by atoms with van der Waals surface area (Å²) < 4.78 is 37.8. The third kappa shape index (κ3) is 9.90. The van der Waals surface area contributed by atoms with Crippen molar-refractivity contribution in [3.8, 4) is 23.3 Å². The Balaban J connectivity index is 0.000000215. The first kappa shape index (κ1) is 33.7. The number of hydrogen-bond acceptors (Lipinski definition) is 9. The predicted molar refractivity (Wildman–Crippen MR) is 168 cm³/mol. The van der Waals surface area contributed by atoms with Crippen LogP contribution in [0, 0.1) is 11.6 Å². The van der Waals surface area contributed by atoms with Crippen LogP contribution >= 0.6 is 23.5 Å². The summed E-state index contributed by atoms with van der Waals surface area (Å²) in [6.07, 6.45) is 8.20. The maximum Gasteiger partial charge on any atom is 0.341 e. The maximum absolute atomic E-state index is 13.7. The third-order valence-corrected chi connectivity index (χ3v) is 8.10. The second-order valence-corrected chi connectivity index (χ2v) is 11.6. The Morgan fingerprint density at radius 3 is 1.78 bits per heavy atom. The summed E-state index contributed by atoms with van der Waals surface area (Å²) in [6, 6.07) is 16.5. The molecule has 13 heteroatoms. The molecule has 1 aliphatic carbocycles. The number of benzene rings is 2. The van der Waals surface area contributed by atoms with Crippen LogP contribution < -0.4 is 14.8 Å². The van der Waals surface area contributed by atoms with Crippen molar-refractivity contribution in [1.82, 2.24) is 15.3 Å². The van der Waals surface area contributed by atoms with Crippen molar-refractivity contribution >= 4 is 35.4 Å². The molecule has 45 heavy (non-hydrogen) atoms. The summed E-state index contributed by atoms with van der Waals surface area (Å²) in [5.74, 6) is -2.11. The highest BCUT2D eigenvalue weighted by molar-refractivity contribution is 7.98. The van der Waals surface area contributed by atoms with Crippen LogP contribution in [0.25, 0.3) is 0 Å². The zero-order chi connectivity index (χ0) is 32.3. The van der Waals surface area contributed by atoms with Crippen molar-refractivity contribution in [2.45, 2.75) is 47.6 Å². The molecular weight excluding hydrogens is 624 g/mol. The summed E-state index contributed by atoms with van der Waals surface area (Å²) in [7, 11) is 0. The fourth-order valence-corrected chi connectivity index (χ4v) is 5.27. The quantitative estimate of drug-likeness (QED) is 0.159. The van der Waals surface area contributed by atoms with Gasteiger partial charge in [-0.15, -0.1) is 23.5 Å². The Hall–Kier alpha value is -4.20. The zero-order valence-electron chi connectivity index (χ0n) is 24.4. The Morgan fingerprint density at radius 2 is 1.29 bits per heavy atom. The monoisotopic (exact) mass is 655 g/mol. The molecule has 0 saturated heterocycles. The molecule has 1 aliphatic rings. The van der Waals surface area contributed by atoms with Gasteiger partial charge in [0, 0.05) is 15.8 Å². The molecule has 0 radical (unpaired) electrons. The largest absolute Gasteiger partial charge is 0.477 e. The van der Waals surface area contributed by atoms with Gasteiger partial charge in [-0.3, -0.25) is 4.79 Å². The van der Waals surface area contributed by atoms with Gasteiger partial charge < -0.3 is 25.0 Å². The van der Waals surface area contributed by atoms with E-state index in [0.29, 0.717) is 37.2 Å². The van der Waals surface area contributed by atoms with Gasteiger partial charge in [0.25, 0.3) is 5.91 Å². The van der Waals surface area contributed by atoms with Crippen molar-refractivity contribution in [2.75, 3.05) is 12.5 Å². The number of thioether (sulfide) groups is 2. The predicted octanol–water partition coefficient (Wildman–Crippen LogP) is 7.20. The van der Waals surface area contributed by atoms with Gasteiger partial charge in [-0.25, -0.2) is 23.5 Å². The molecule has 0 atom stereocenters. The van der Waals surface area contributed by atoms with E-state index in [1.807, 2.05) is 36.8 Å². The van der Waals surface area contributed by atoms with E-state index < -0.39 is 23.5 Å². The van der Waals surface area contributed by atoms with Crippen molar-refractivity contribution in [2.24, 2.45) is 0 Å². The fraction of sp³-hybridized carbons (Fsp3) is 0.250. The zero-order valence-corrected chi connectivity index (χ0v) is 26.0. The number of halogens is 2. The van der Waals surface area contributed by atoms with Crippen LogP contribution in [0.4, 0.5) is 8.78 Å². The lowest BCUT2D eigenvalue weighted by molar-refractivity contribution is 0.0692. The highest BCUT2D eigenvalue weighted by Crippen LogP contribution is 2.29. The van der Waals surface area contributed by atoms with E-state index in [0.717, 1.165) is 34.3 Å². The summed E-state index contributed by atoms with van der Waals surface area (Å²) >= 11 is 3.10. The van der Waals surface area contributed by atoms with Crippen LogP contribution in [0.5, 0.6) is 23.3 Å². The minimum Gasteiger partial charge on any atom is -0.477 e. The van der Waals surface area contributed by atoms with Gasteiger partial charge in [0.15, 0.2) is 0 Å². The second-order valence-electron chi connectivity index (χ2n) is 9.86. The minimum absolute atomic E-state index is 0.0400. The smallest absolute Gasteiger partial charge is 0.341 e. The number of nitrogens with one attached hydrogen (secondary N) is 1. The Labute approximate surface area is 267 Å². The Morgan fingerprint density at radius 1 is 0.800 bits per heavy atom. The number of aromatic carboxylic acids is 1. The number of nitrogens with zero attached hydrogens (tertiary/aromatic N) is 2. The van der Waals surface area contributed by atoms with Gasteiger partial charge >= 0.3 is 5.97 Å². The van der Waals surface area contributed by atoms with Gasteiger partial charge in [-0.05, 0) is 86.7 Å². The van der Waals surface area contributed by atoms with Crippen LogP contribution in [0.15, 0.2) is 82.8 Å². The number of carboxylic acid groups (broad SMARTS) is 1. The Kier molecular flexibility index (Phi) is 12.1. The molecular formula is C32H31F2N3O6S2. The average molecular weight is 656 g/mol. The lowest BCUT2D eigenvalue weighted by Gasteiger charge is -2.26. The molecule has 0 bridgehead atoms. The molecule has 1 saturated carbocycles.